The number of para-hydroxylation sites is 1. The van der Waals surface area contributed by atoms with Gasteiger partial charge < -0.3 is 46.9 Å². The zero-order valence-electron chi connectivity index (χ0n) is 24.6. The molecule has 1 aliphatic rings. The molecular formula is C29H42N6O8. The summed E-state index contributed by atoms with van der Waals surface area (Å²) >= 11 is 0. The Hall–Kier alpha value is -4.01. The third-order valence-electron chi connectivity index (χ3n) is 7.51. The minimum Gasteiger partial charge on any atom is -0.480 e. The lowest BCUT2D eigenvalue weighted by Gasteiger charge is -2.29. The van der Waals surface area contributed by atoms with Gasteiger partial charge in [0.2, 0.25) is 23.6 Å². The second-order valence-corrected chi connectivity index (χ2v) is 11.4. The van der Waals surface area contributed by atoms with Crippen LogP contribution in [0.1, 0.15) is 45.6 Å². The molecule has 14 nitrogen and oxygen atoms in total. The third kappa shape index (κ3) is 8.52. The molecule has 14 heteroatoms. The van der Waals surface area contributed by atoms with Gasteiger partial charge in [0.1, 0.15) is 30.2 Å². The van der Waals surface area contributed by atoms with Crippen LogP contribution in [0.25, 0.3) is 10.9 Å². The summed E-state index contributed by atoms with van der Waals surface area (Å²) in [5.41, 5.74) is 7.27. The van der Waals surface area contributed by atoms with Crippen molar-refractivity contribution < 1.29 is 39.3 Å². The Balaban J connectivity index is 1.79. The van der Waals surface area contributed by atoms with E-state index >= 15 is 0 Å². The van der Waals surface area contributed by atoms with Crippen LogP contribution in [0.15, 0.2) is 30.5 Å². The first kappa shape index (κ1) is 33.5. The van der Waals surface area contributed by atoms with Gasteiger partial charge in [0.25, 0.3) is 0 Å². The maximum atomic E-state index is 13.5. The standard InChI is InChI=1S/C29H42N6O8/c1-15(2)11-21(28(41)35-10-6-9-23(35)29(42)43)33-26(39)22(14-36)34-25(38)20(32-27(40)24(30)16(3)37)12-17-13-31-19-8-5-4-7-18(17)19/h4-5,7-8,13,15-16,20-24,31,36-37H,6,9-12,14,30H2,1-3H3,(H,32,40)(H,33,39)(H,34,38)(H,42,43)/t16-,20+,21+,22+,23+,24+/m1/s1. The molecule has 0 unspecified atom stereocenters. The lowest BCUT2D eigenvalue weighted by Crippen LogP contribution is -2.60. The normalized spacial score (nSPS) is 18.5. The lowest BCUT2D eigenvalue weighted by atomic mass is 10.0. The fourth-order valence-electron chi connectivity index (χ4n) is 5.14. The van der Waals surface area contributed by atoms with Gasteiger partial charge in [0, 0.05) is 30.1 Å². The molecule has 1 aromatic heterocycles. The Labute approximate surface area is 249 Å². The Morgan fingerprint density at radius 2 is 1.63 bits per heavy atom. The number of fused-ring (bicyclic) bond motifs is 1. The van der Waals surface area contributed by atoms with E-state index < -0.39 is 72.5 Å². The molecule has 236 valence electrons. The van der Waals surface area contributed by atoms with Crippen molar-refractivity contribution in [3.8, 4) is 0 Å². The van der Waals surface area contributed by atoms with Crippen LogP contribution in [0, 0.1) is 5.92 Å². The van der Waals surface area contributed by atoms with Gasteiger partial charge in [0.05, 0.1) is 12.7 Å². The summed E-state index contributed by atoms with van der Waals surface area (Å²) in [7, 11) is 0. The number of carbonyl (C=O) groups excluding carboxylic acids is 4. The minimum atomic E-state index is -1.49. The first-order valence-electron chi connectivity index (χ1n) is 14.4. The number of amides is 4. The Morgan fingerprint density at radius 1 is 1.00 bits per heavy atom. The number of likely N-dealkylation sites (tertiary alicyclic amines) is 1. The molecule has 0 radical (unpaired) electrons. The van der Waals surface area contributed by atoms with E-state index in [0.29, 0.717) is 18.4 Å². The summed E-state index contributed by atoms with van der Waals surface area (Å²) in [4.78, 5) is 68.7. The number of benzene rings is 1. The van der Waals surface area contributed by atoms with E-state index in [9.17, 15) is 39.3 Å². The molecule has 1 aromatic carbocycles. The number of aliphatic carboxylic acids is 1. The van der Waals surface area contributed by atoms with Crippen LogP contribution in [0.3, 0.4) is 0 Å². The zero-order valence-corrected chi connectivity index (χ0v) is 24.6. The van der Waals surface area contributed by atoms with Crippen molar-refractivity contribution in [1.82, 2.24) is 25.8 Å². The van der Waals surface area contributed by atoms with Crippen molar-refractivity contribution in [1.29, 1.82) is 0 Å². The highest BCUT2D eigenvalue weighted by Crippen LogP contribution is 2.21. The number of aromatic nitrogens is 1. The number of rotatable bonds is 14. The quantitative estimate of drug-likeness (QED) is 0.132. The van der Waals surface area contributed by atoms with E-state index in [2.05, 4.69) is 20.9 Å². The third-order valence-corrected chi connectivity index (χ3v) is 7.51. The van der Waals surface area contributed by atoms with Crippen molar-refractivity contribution in [2.75, 3.05) is 13.2 Å². The highest BCUT2D eigenvalue weighted by atomic mass is 16.4. The Morgan fingerprint density at radius 3 is 2.26 bits per heavy atom. The van der Waals surface area contributed by atoms with E-state index in [1.807, 2.05) is 38.1 Å². The number of aliphatic hydroxyl groups is 2. The summed E-state index contributed by atoms with van der Waals surface area (Å²) < 4.78 is 0. The van der Waals surface area contributed by atoms with E-state index in [-0.39, 0.29) is 25.3 Å². The van der Waals surface area contributed by atoms with Crippen molar-refractivity contribution in [3.63, 3.8) is 0 Å². The summed E-state index contributed by atoms with van der Waals surface area (Å²) in [6.07, 6.45) is 1.51. The molecule has 2 heterocycles. The second kappa shape index (κ2) is 14.9. The smallest absolute Gasteiger partial charge is 0.326 e. The predicted octanol–water partition coefficient (Wildman–Crippen LogP) is -1.01. The van der Waals surface area contributed by atoms with Gasteiger partial charge in [-0.15, -0.1) is 0 Å². The highest BCUT2D eigenvalue weighted by molar-refractivity contribution is 5.96. The van der Waals surface area contributed by atoms with Crippen molar-refractivity contribution in [2.45, 2.75) is 82.8 Å². The molecule has 2 aromatic rings. The average molecular weight is 603 g/mol. The largest absolute Gasteiger partial charge is 0.480 e. The summed E-state index contributed by atoms with van der Waals surface area (Å²) in [5.74, 6) is -4.16. The van der Waals surface area contributed by atoms with Crippen LogP contribution in [-0.4, -0.2) is 104 Å². The number of carbonyl (C=O) groups is 5. The molecule has 6 atom stereocenters. The van der Waals surface area contributed by atoms with Crippen molar-refractivity contribution in [2.24, 2.45) is 11.7 Å². The fourth-order valence-corrected chi connectivity index (χ4v) is 5.14. The molecule has 43 heavy (non-hydrogen) atoms. The Kier molecular flexibility index (Phi) is 11.6. The summed E-state index contributed by atoms with van der Waals surface area (Å²) in [6, 6.07) is 1.21. The van der Waals surface area contributed by atoms with Crippen molar-refractivity contribution >= 4 is 40.5 Å². The molecule has 0 aliphatic carbocycles. The number of hydrogen-bond acceptors (Lipinski definition) is 8. The Bertz CT molecular complexity index is 1310. The molecule has 0 spiro atoms. The van der Waals surface area contributed by atoms with Crippen molar-refractivity contribution in [3.05, 3.63) is 36.0 Å². The van der Waals surface area contributed by atoms with Crippen LogP contribution in [0.5, 0.6) is 0 Å². The topological polar surface area (TPSA) is 227 Å². The number of H-pyrrole nitrogens is 1. The van der Waals surface area contributed by atoms with Gasteiger partial charge in [-0.1, -0.05) is 32.0 Å². The fraction of sp³-hybridized carbons (Fsp3) is 0.552. The number of carboxylic acids is 1. The first-order valence-corrected chi connectivity index (χ1v) is 14.4. The molecule has 1 saturated heterocycles. The maximum Gasteiger partial charge on any atom is 0.326 e. The molecular weight excluding hydrogens is 560 g/mol. The molecule has 1 aliphatic heterocycles. The number of aliphatic hydroxyl groups excluding tert-OH is 2. The SMILES string of the molecule is CC(C)C[C@H](NC(=O)[C@H](CO)NC(=O)[C@H](Cc1c[nH]c2ccccc12)NC(=O)[C@@H](N)[C@@H](C)O)C(=O)N1CCC[C@H]1C(=O)O. The van der Waals surface area contributed by atoms with Gasteiger partial charge in [-0.2, -0.15) is 0 Å². The second-order valence-electron chi connectivity index (χ2n) is 11.4. The number of nitrogens with two attached hydrogens (primary N) is 1. The molecule has 0 bridgehead atoms. The number of nitrogens with one attached hydrogen (secondary N) is 4. The van der Waals surface area contributed by atoms with Crippen LogP contribution >= 0.6 is 0 Å². The molecule has 1 fully saturated rings. The number of carboxylic acid groups (broad SMARTS) is 1. The number of aromatic amines is 1. The van der Waals surface area contributed by atoms with E-state index in [0.717, 1.165) is 10.9 Å². The van der Waals surface area contributed by atoms with Gasteiger partial charge in [-0.3, -0.25) is 19.2 Å². The van der Waals surface area contributed by atoms with Gasteiger partial charge in [-0.25, -0.2) is 4.79 Å². The average Bonchev–Trinajstić information content (AvgIpc) is 3.61. The van der Waals surface area contributed by atoms with Gasteiger partial charge in [0.15, 0.2) is 0 Å². The van der Waals surface area contributed by atoms with E-state index in [4.69, 9.17) is 5.73 Å². The molecule has 9 N–H and O–H groups in total. The number of hydrogen-bond donors (Lipinski definition) is 8. The number of nitrogens with zero attached hydrogens (tertiary/aromatic N) is 1. The summed E-state index contributed by atoms with van der Waals surface area (Å²) in [5, 5.41) is 37.7. The van der Waals surface area contributed by atoms with Gasteiger partial charge >= 0.3 is 5.97 Å². The lowest BCUT2D eigenvalue weighted by molar-refractivity contribution is -0.149. The molecule has 3 rings (SSSR count). The maximum absolute atomic E-state index is 13.5. The summed E-state index contributed by atoms with van der Waals surface area (Å²) in [6.45, 7) is 4.44. The molecule has 0 saturated carbocycles. The van der Waals surface area contributed by atoms with E-state index in [1.54, 1.807) is 6.20 Å². The van der Waals surface area contributed by atoms with Crippen LogP contribution in [-0.2, 0) is 30.4 Å². The minimum absolute atomic E-state index is 0.00607. The zero-order chi connectivity index (χ0) is 31.8. The monoisotopic (exact) mass is 602 g/mol. The van der Waals surface area contributed by atoms with Gasteiger partial charge in [-0.05, 0) is 43.7 Å². The van der Waals surface area contributed by atoms with Crippen LogP contribution < -0.4 is 21.7 Å². The van der Waals surface area contributed by atoms with Crippen LogP contribution in [0.4, 0.5) is 0 Å². The van der Waals surface area contributed by atoms with Crippen LogP contribution in [0.2, 0.25) is 0 Å². The molecule has 4 amide bonds. The van der Waals surface area contributed by atoms with E-state index in [1.165, 1.54) is 11.8 Å². The highest BCUT2D eigenvalue weighted by Gasteiger charge is 2.39. The first-order chi connectivity index (χ1) is 20.3. The predicted molar refractivity (Wildman–Crippen MR) is 156 cm³/mol.